The van der Waals surface area contributed by atoms with E-state index in [9.17, 15) is 10.1 Å². The molecule has 0 amide bonds. The quantitative estimate of drug-likeness (QED) is 0.567. The maximum absolute atomic E-state index is 10.7. The minimum absolute atomic E-state index is 0.0414. The van der Waals surface area contributed by atoms with Crippen molar-refractivity contribution >= 4 is 22.3 Å². The van der Waals surface area contributed by atoms with Gasteiger partial charge in [-0.15, -0.1) is 0 Å². The molecule has 0 atom stereocenters. The minimum atomic E-state index is -0.432. The second-order valence-electron chi connectivity index (χ2n) is 3.31. The molecule has 0 fully saturated rings. The van der Waals surface area contributed by atoms with Crippen molar-refractivity contribution in [1.29, 1.82) is 0 Å². The summed E-state index contributed by atoms with van der Waals surface area (Å²) in [5.74, 6) is 0.319. The minimum Gasteiger partial charge on any atom is -0.383 e. The van der Waals surface area contributed by atoms with Crippen molar-refractivity contribution in [2.45, 2.75) is 6.92 Å². The first-order valence-corrected chi connectivity index (χ1v) is 4.39. The molecule has 0 saturated carbocycles. The maximum Gasteiger partial charge on any atom is 0.270 e. The summed E-state index contributed by atoms with van der Waals surface area (Å²) in [7, 11) is 0. The predicted octanol–water partition coefficient (Wildman–Crippen LogP) is 2.03. The number of rotatable bonds is 1. The summed E-state index contributed by atoms with van der Waals surface area (Å²) >= 11 is 0. The van der Waals surface area contributed by atoms with E-state index >= 15 is 0 Å². The average molecular weight is 203 g/mol. The first kappa shape index (κ1) is 9.39. The van der Waals surface area contributed by atoms with Crippen molar-refractivity contribution in [3.8, 4) is 0 Å². The van der Waals surface area contributed by atoms with Crippen LogP contribution >= 0.6 is 0 Å². The van der Waals surface area contributed by atoms with E-state index in [0.717, 1.165) is 10.9 Å². The second-order valence-corrected chi connectivity index (χ2v) is 3.31. The van der Waals surface area contributed by atoms with Gasteiger partial charge in [-0.3, -0.25) is 10.1 Å². The topological polar surface area (TPSA) is 82.0 Å². The van der Waals surface area contributed by atoms with Gasteiger partial charge in [0, 0.05) is 23.7 Å². The van der Waals surface area contributed by atoms with Crippen molar-refractivity contribution in [2.75, 3.05) is 5.73 Å². The number of aromatic nitrogens is 1. The molecule has 0 aliphatic carbocycles. The zero-order valence-electron chi connectivity index (χ0n) is 8.10. The number of hydrogen-bond donors (Lipinski definition) is 1. The van der Waals surface area contributed by atoms with Crippen LogP contribution in [0.1, 0.15) is 5.56 Å². The van der Waals surface area contributed by atoms with Crippen molar-refractivity contribution in [3.63, 3.8) is 0 Å². The third-order valence-electron chi connectivity index (χ3n) is 2.31. The molecule has 1 aromatic carbocycles. The molecule has 2 rings (SSSR count). The number of nitrogens with two attached hydrogens (primary N) is 1. The summed E-state index contributed by atoms with van der Waals surface area (Å²) in [4.78, 5) is 14.1. The number of non-ortho nitro benzene ring substituents is 1. The van der Waals surface area contributed by atoms with Gasteiger partial charge in [0.2, 0.25) is 0 Å². The molecular formula is C10H9N3O2. The number of pyridine rings is 1. The first-order chi connectivity index (χ1) is 7.09. The number of nitro benzene ring substituents is 1. The van der Waals surface area contributed by atoms with Gasteiger partial charge in [-0.2, -0.15) is 0 Å². The number of hydrogen-bond acceptors (Lipinski definition) is 4. The Kier molecular flexibility index (Phi) is 2.00. The van der Waals surface area contributed by atoms with Crippen LogP contribution in [0.4, 0.5) is 11.5 Å². The van der Waals surface area contributed by atoms with Gasteiger partial charge in [-0.25, -0.2) is 4.98 Å². The van der Waals surface area contributed by atoms with E-state index in [1.165, 1.54) is 12.1 Å². The molecule has 0 radical (unpaired) electrons. The maximum atomic E-state index is 10.7. The van der Waals surface area contributed by atoms with Crippen molar-refractivity contribution in [2.24, 2.45) is 0 Å². The van der Waals surface area contributed by atoms with E-state index in [4.69, 9.17) is 5.73 Å². The fourth-order valence-electron chi connectivity index (χ4n) is 1.58. The van der Waals surface area contributed by atoms with Crippen LogP contribution < -0.4 is 5.73 Å². The third-order valence-corrected chi connectivity index (χ3v) is 2.31. The molecule has 2 N–H and O–H groups in total. The average Bonchev–Trinajstić information content (AvgIpc) is 2.19. The van der Waals surface area contributed by atoms with Gasteiger partial charge in [0.25, 0.3) is 5.69 Å². The summed E-state index contributed by atoms with van der Waals surface area (Å²) in [6.07, 6.45) is 1.59. The zero-order chi connectivity index (χ0) is 11.0. The Labute approximate surface area is 85.7 Å². The standard InChI is InChI=1S/C10H9N3O2/c1-6-4-7(13(14)15)5-9-8(6)2-3-12-10(9)11/h2-5H,1H3,(H2,11,12). The van der Waals surface area contributed by atoms with Crippen LogP contribution in [0.3, 0.4) is 0 Å². The number of aryl methyl sites for hydroxylation is 1. The van der Waals surface area contributed by atoms with Crippen molar-refractivity contribution in [3.05, 3.63) is 40.1 Å². The summed E-state index contributed by atoms with van der Waals surface area (Å²) < 4.78 is 0. The molecule has 15 heavy (non-hydrogen) atoms. The van der Waals surface area contributed by atoms with Gasteiger partial charge in [0.05, 0.1) is 4.92 Å². The summed E-state index contributed by atoms with van der Waals surface area (Å²) in [5, 5.41) is 12.2. The Balaban J connectivity index is 2.85. The Morgan fingerprint density at radius 3 is 2.80 bits per heavy atom. The lowest BCUT2D eigenvalue weighted by Crippen LogP contribution is -1.94. The predicted molar refractivity (Wildman–Crippen MR) is 57.5 cm³/mol. The SMILES string of the molecule is Cc1cc([N+](=O)[O-])cc2c(N)nccc12. The molecule has 0 spiro atoms. The lowest BCUT2D eigenvalue weighted by Gasteiger charge is -2.03. The van der Waals surface area contributed by atoms with Crippen LogP contribution in [-0.4, -0.2) is 9.91 Å². The Bertz CT molecular complexity index is 552. The lowest BCUT2D eigenvalue weighted by molar-refractivity contribution is -0.384. The fourth-order valence-corrected chi connectivity index (χ4v) is 1.58. The summed E-state index contributed by atoms with van der Waals surface area (Å²) in [6, 6.07) is 4.77. The molecule has 0 bridgehead atoms. The van der Waals surface area contributed by atoms with Crippen molar-refractivity contribution < 1.29 is 4.92 Å². The molecule has 0 aliphatic heterocycles. The molecule has 1 heterocycles. The highest BCUT2D eigenvalue weighted by Crippen LogP contribution is 2.27. The molecule has 2 aromatic rings. The number of fused-ring (bicyclic) bond motifs is 1. The summed E-state index contributed by atoms with van der Waals surface area (Å²) in [5.41, 5.74) is 6.53. The van der Waals surface area contributed by atoms with E-state index in [0.29, 0.717) is 11.2 Å². The number of nitrogens with zero attached hydrogens (tertiary/aromatic N) is 2. The van der Waals surface area contributed by atoms with Gasteiger partial charge in [-0.1, -0.05) is 0 Å². The van der Waals surface area contributed by atoms with E-state index in [-0.39, 0.29) is 5.69 Å². The molecule has 5 nitrogen and oxygen atoms in total. The Morgan fingerprint density at radius 1 is 1.40 bits per heavy atom. The number of benzene rings is 1. The van der Waals surface area contributed by atoms with Gasteiger partial charge < -0.3 is 5.73 Å². The Morgan fingerprint density at radius 2 is 2.13 bits per heavy atom. The van der Waals surface area contributed by atoms with Crippen molar-refractivity contribution in [1.82, 2.24) is 4.98 Å². The number of nitrogen functional groups attached to an aromatic ring is 1. The lowest BCUT2D eigenvalue weighted by atomic mass is 10.1. The summed E-state index contributed by atoms with van der Waals surface area (Å²) in [6.45, 7) is 1.81. The van der Waals surface area contributed by atoms with Gasteiger partial charge in [0.1, 0.15) is 5.82 Å². The second kappa shape index (κ2) is 3.20. The normalized spacial score (nSPS) is 10.5. The number of nitro groups is 1. The van der Waals surface area contributed by atoms with Gasteiger partial charge in [-0.05, 0) is 23.9 Å². The van der Waals surface area contributed by atoms with Gasteiger partial charge in [0.15, 0.2) is 0 Å². The molecule has 1 aromatic heterocycles. The molecule has 0 unspecified atom stereocenters. The smallest absolute Gasteiger partial charge is 0.270 e. The fraction of sp³-hybridized carbons (Fsp3) is 0.100. The molecular weight excluding hydrogens is 194 g/mol. The molecule has 0 saturated heterocycles. The zero-order valence-corrected chi connectivity index (χ0v) is 8.10. The highest BCUT2D eigenvalue weighted by atomic mass is 16.6. The van der Waals surface area contributed by atoms with Crippen LogP contribution in [0, 0.1) is 17.0 Å². The molecule has 0 aliphatic rings. The van der Waals surface area contributed by atoms with E-state index in [1.807, 2.05) is 6.92 Å². The third kappa shape index (κ3) is 1.48. The largest absolute Gasteiger partial charge is 0.383 e. The number of anilines is 1. The molecule has 5 heteroatoms. The molecule has 76 valence electrons. The highest BCUT2D eigenvalue weighted by molar-refractivity contribution is 5.94. The first-order valence-electron chi connectivity index (χ1n) is 4.39. The van der Waals surface area contributed by atoms with Crippen LogP contribution in [0.25, 0.3) is 10.8 Å². The van der Waals surface area contributed by atoms with Crippen LogP contribution in [0.5, 0.6) is 0 Å². The van der Waals surface area contributed by atoms with E-state index in [2.05, 4.69) is 4.98 Å². The van der Waals surface area contributed by atoms with E-state index in [1.54, 1.807) is 12.3 Å². The highest BCUT2D eigenvalue weighted by Gasteiger charge is 2.10. The van der Waals surface area contributed by atoms with E-state index < -0.39 is 4.92 Å². The monoisotopic (exact) mass is 203 g/mol. The Hall–Kier alpha value is -2.17. The van der Waals surface area contributed by atoms with Crippen LogP contribution in [-0.2, 0) is 0 Å². The van der Waals surface area contributed by atoms with Crippen LogP contribution in [0.2, 0.25) is 0 Å². The van der Waals surface area contributed by atoms with Crippen LogP contribution in [0.15, 0.2) is 24.4 Å². The van der Waals surface area contributed by atoms with Gasteiger partial charge >= 0.3 is 0 Å².